The van der Waals surface area contributed by atoms with Crippen molar-refractivity contribution in [1.82, 2.24) is 5.32 Å². The molecule has 0 bridgehead atoms. The molecule has 3 heteroatoms. The Labute approximate surface area is 130 Å². The summed E-state index contributed by atoms with van der Waals surface area (Å²) in [4.78, 5) is 0. The maximum absolute atomic E-state index is 9.66. The van der Waals surface area contributed by atoms with E-state index in [0.717, 1.165) is 24.3 Å². The third-order valence-corrected chi connectivity index (χ3v) is 4.40. The van der Waals surface area contributed by atoms with E-state index >= 15 is 0 Å². The number of aliphatic hydroxyl groups is 1. The molecule has 0 saturated carbocycles. The fourth-order valence-corrected chi connectivity index (χ4v) is 3.31. The molecule has 3 rings (SSSR count). The molecule has 0 fully saturated rings. The second kappa shape index (κ2) is 6.61. The van der Waals surface area contributed by atoms with Crippen molar-refractivity contribution in [2.24, 2.45) is 0 Å². The Bertz CT molecular complexity index is 599. The zero-order chi connectivity index (χ0) is 14.7. The second-order valence-electron chi connectivity index (χ2n) is 5.67. The maximum atomic E-state index is 9.66. The van der Waals surface area contributed by atoms with Crippen LogP contribution in [0.1, 0.15) is 29.2 Å². The van der Waals surface area contributed by atoms with Crippen molar-refractivity contribution in [2.75, 3.05) is 6.61 Å². The van der Waals surface area contributed by atoms with Gasteiger partial charge in [0.05, 0.1) is 6.61 Å². The number of hydrogen-bond donors (Lipinski definition) is 2. The molecule has 0 aromatic heterocycles. The van der Waals surface area contributed by atoms with Gasteiger partial charge in [-0.25, -0.2) is 0 Å². The Morgan fingerprint density at radius 3 is 2.76 bits per heavy atom. The molecule has 0 amide bonds. The highest BCUT2D eigenvalue weighted by Crippen LogP contribution is 2.33. The fourth-order valence-electron chi connectivity index (χ4n) is 3.12. The van der Waals surface area contributed by atoms with Crippen LogP contribution in [0.25, 0.3) is 0 Å². The largest absolute Gasteiger partial charge is 0.395 e. The van der Waals surface area contributed by atoms with Gasteiger partial charge in [-0.1, -0.05) is 48.0 Å². The summed E-state index contributed by atoms with van der Waals surface area (Å²) in [5, 5.41) is 14.1. The molecule has 0 aliphatic heterocycles. The van der Waals surface area contributed by atoms with Gasteiger partial charge in [0.25, 0.3) is 0 Å². The summed E-state index contributed by atoms with van der Waals surface area (Å²) >= 11 is 6.05. The van der Waals surface area contributed by atoms with Crippen LogP contribution >= 0.6 is 11.6 Å². The van der Waals surface area contributed by atoms with Gasteiger partial charge in [-0.3, -0.25) is 0 Å². The third-order valence-electron chi connectivity index (χ3n) is 4.16. The molecule has 0 saturated heterocycles. The van der Waals surface area contributed by atoms with Crippen molar-refractivity contribution >= 4 is 11.6 Å². The Hall–Kier alpha value is -1.35. The van der Waals surface area contributed by atoms with Crippen LogP contribution in [0.2, 0.25) is 5.02 Å². The Kier molecular flexibility index (Phi) is 4.59. The molecule has 2 atom stereocenters. The Balaban J connectivity index is 1.69. The fraction of sp³-hybridized carbons (Fsp3) is 0.333. The summed E-state index contributed by atoms with van der Waals surface area (Å²) in [7, 11) is 0. The summed E-state index contributed by atoms with van der Waals surface area (Å²) in [6.45, 7) is 0.147. The lowest BCUT2D eigenvalue weighted by molar-refractivity contribution is 0.230. The molecule has 0 heterocycles. The van der Waals surface area contributed by atoms with E-state index in [2.05, 4.69) is 29.6 Å². The van der Waals surface area contributed by atoms with E-state index in [4.69, 9.17) is 11.6 Å². The highest BCUT2D eigenvalue weighted by atomic mass is 35.5. The summed E-state index contributed by atoms with van der Waals surface area (Å²) < 4.78 is 0. The lowest BCUT2D eigenvalue weighted by Crippen LogP contribution is -2.36. The van der Waals surface area contributed by atoms with E-state index < -0.39 is 0 Å². The highest BCUT2D eigenvalue weighted by Gasteiger charge is 2.24. The summed E-state index contributed by atoms with van der Waals surface area (Å²) in [6, 6.07) is 16.8. The van der Waals surface area contributed by atoms with Crippen molar-refractivity contribution < 1.29 is 5.11 Å². The number of halogens is 1. The molecule has 0 radical (unpaired) electrons. The van der Waals surface area contributed by atoms with E-state index in [1.54, 1.807) is 0 Å². The van der Waals surface area contributed by atoms with Gasteiger partial charge in [-0.05, 0) is 48.1 Å². The predicted molar refractivity (Wildman–Crippen MR) is 86.7 cm³/mol. The van der Waals surface area contributed by atoms with Gasteiger partial charge < -0.3 is 10.4 Å². The zero-order valence-corrected chi connectivity index (χ0v) is 12.7. The van der Waals surface area contributed by atoms with Gasteiger partial charge in [-0.2, -0.15) is 0 Å². The lowest BCUT2D eigenvalue weighted by Gasteiger charge is -2.22. The van der Waals surface area contributed by atoms with Crippen molar-refractivity contribution in [1.29, 1.82) is 0 Å². The molecule has 21 heavy (non-hydrogen) atoms. The number of rotatable bonds is 5. The first-order valence-corrected chi connectivity index (χ1v) is 7.83. The van der Waals surface area contributed by atoms with Gasteiger partial charge >= 0.3 is 0 Å². The molecule has 110 valence electrons. The molecule has 1 aliphatic carbocycles. The predicted octanol–water partition coefficient (Wildman–Crippen LogP) is 3.52. The summed E-state index contributed by atoms with van der Waals surface area (Å²) in [5.74, 6) is 0. The SMILES string of the molecule is OC[C@H](Cc1ccccc1)NC1CCc2cc(Cl)ccc21. The van der Waals surface area contributed by atoms with E-state index in [0.29, 0.717) is 6.04 Å². The maximum Gasteiger partial charge on any atom is 0.0588 e. The minimum absolute atomic E-state index is 0.0824. The van der Waals surface area contributed by atoms with E-state index in [1.807, 2.05) is 24.3 Å². The monoisotopic (exact) mass is 301 g/mol. The van der Waals surface area contributed by atoms with Crippen molar-refractivity contribution in [3.8, 4) is 0 Å². The summed E-state index contributed by atoms with van der Waals surface area (Å²) in [6.07, 6.45) is 2.97. The number of aryl methyl sites for hydroxylation is 1. The van der Waals surface area contributed by atoms with Crippen LogP contribution in [0, 0.1) is 0 Å². The van der Waals surface area contributed by atoms with Crippen LogP contribution in [0.4, 0.5) is 0 Å². The average Bonchev–Trinajstić information content (AvgIpc) is 2.89. The number of nitrogens with one attached hydrogen (secondary N) is 1. The quantitative estimate of drug-likeness (QED) is 0.885. The van der Waals surface area contributed by atoms with E-state index in [9.17, 15) is 5.11 Å². The molecule has 2 aromatic rings. The number of fused-ring (bicyclic) bond motifs is 1. The normalized spacial score (nSPS) is 18.5. The van der Waals surface area contributed by atoms with Gasteiger partial charge in [0.15, 0.2) is 0 Å². The Morgan fingerprint density at radius 1 is 1.19 bits per heavy atom. The molecule has 2 nitrogen and oxygen atoms in total. The van der Waals surface area contributed by atoms with Crippen molar-refractivity contribution in [2.45, 2.75) is 31.3 Å². The summed E-state index contributed by atoms with van der Waals surface area (Å²) in [5.41, 5.74) is 3.90. The van der Waals surface area contributed by atoms with Crippen LogP contribution in [-0.4, -0.2) is 17.8 Å². The minimum atomic E-state index is 0.0824. The Morgan fingerprint density at radius 2 is 2.00 bits per heavy atom. The van der Waals surface area contributed by atoms with Gasteiger partial charge in [0, 0.05) is 17.1 Å². The van der Waals surface area contributed by atoms with Crippen LogP contribution in [0.15, 0.2) is 48.5 Å². The standard InChI is InChI=1S/C18H20ClNO/c19-15-7-8-17-14(11-15)6-9-18(17)20-16(12-21)10-13-4-2-1-3-5-13/h1-5,7-8,11,16,18,20-21H,6,9-10,12H2/t16-,18?/m0/s1. The van der Waals surface area contributed by atoms with Crippen LogP contribution in [0.5, 0.6) is 0 Å². The lowest BCUT2D eigenvalue weighted by atomic mass is 10.0. The van der Waals surface area contributed by atoms with Crippen molar-refractivity contribution in [3.63, 3.8) is 0 Å². The molecule has 0 spiro atoms. The molecule has 2 aromatic carbocycles. The second-order valence-corrected chi connectivity index (χ2v) is 6.11. The first-order valence-electron chi connectivity index (χ1n) is 7.45. The third kappa shape index (κ3) is 3.46. The van der Waals surface area contributed by atoms with E-state index in [1.165, 1.54) is 16.7 Å². The van der Waals surface area contributed by atoms with Crippen molar-refractivity contribution in [3.05, 3.63) is 70.2 Å². The van der Waals surface area contributed by atoms with Gasteiger partial charge in [0.2, 0.25) is 0 Å². The zero-order valence-electron chi connectivity index (χ0n) is 11.9. The first-order chi connectivity index (χ1) is 10.3. The highest BCUT2D eigenvalue weighted by molar-refractivity contribution is 6.30. The topological polar surface area (TPSA) is 32.3 Å². The minimum Gasteiger partial charge on any atom is -0.395 e. The van der Waals surface area contributed by atoms with Gasteiger partial charge in [0.1, 0.15) is 0 Å². The van der Waals surface area contributed by atoms with Gasteiger partial charge in [-0.15, -0.1) is 0 Å². The van der Waals surface area contributed by atoms with E-state index in [-0.39, 0.29) is 12.6 Å². The molecule has 2 N–H and O–H groups in total. The molecular formula is C18H20ClNO. The number of aliphatic hydroxyl groups excluding tert-OH is 1. The molecule has 1 aliphatic rings. The van der Waals surface area contributed by atoms with Crippen LogP contribution in [0.3, 0.4) is 0 Å². The number of benzene rings is 2. The van der Waals surface area contributed by atoms with Crippen LogP contribution in [-0.2, 0) is 12.8 Å². The number of hydrogen-bond acceptors (Lipinski definition) is 2. The van der Waals surface area contributed by atoms with Crippen LogP contribution < -0.4 is 5.32 Å². The molecular weight excluding hydrogens is 282 g/mol. The first kappa shape index (κ1) is 14.6. The molecule has 1 unspecified atom stereocenters. The smallest absolute Gasteiger partial charge is 0.0588 e. The average molecular weight is 302 g/mol.